The lowest BCUT2D eigenvalue weighted by molar-refractivity contribution is -0.117. The second-order valence-electron chi connectivity index (χ2n) is 6.25. The number of aromatic amines is 1. The predicted octanol–water partition coefficient (Wildman–Crippen LogP) is 1.24. The van der Waals surface area contributed by atoms with Crippen molar-refractivity contribution in [2.24, 2.45) is 0 Å². The van der Waals surface area contributed by atoms with Gasteiger partial charge >= 0.3 is 6.09 Å². The summed E-state index contributed by atoms with van der Waals surface area (Å²) in [7, 11) is 0. The minimum Gasteiger partial charge on any atom is -0.446 e. The van der Waals surface area contributed by atoms with Crippen molar-refractivity contribution in [2.45, 2.75) is 49.8 Å². The highest BCUT2D eigenvalue weighted by Crippen LogP contribution is 2.37. The molecule has 0 radical (unpaired) electrons. The molecule has 21 heavy (non-hydrogen) atoms. The molecule has 0 aromatic carbocycles. The van der Waals surface area contributed by atoms with Gasteiger partial charge in [0.1, 0.15) is 11.9 Å². The third kappa shape index (κ3) is 2.25. The Balaban J connectivity index is 1.33. The van der Waals surface area contributed by atoms with Crippen molar-refractivity contribution in [1.29, 1.82) is 0 Å². The van der Waals surface area contributed by atoms with Gasteiger partial charge in [-0.05, 0) is 25.7 Å². The first-order valence-electron chi connectivity index (χ1n) is 7.58. The fraction of sp³-hybridized carbons (Fsp3) is 0.714. The first-order valence-corrected chi connectivity index (χ1v) is 7.58. The van der Waals surface area contributed by atoms with E-state index < -0.39 is 0 Å². The number of nitrogen functional groups attached to an aromatic ring is 1. The fourth-order valence-electron chi connectivity index (χ4n) is 3.73. The van der Waals surface area contributed by atoms with Gasteiger partial charge in [0.05, 0.1) is 25.3 Å². The lowest BCUT2D eigenvalue weighted by atomic mass is 9.92. The number of rotatable bonds is 2. The van der Waals surface area contributed by atoms with Gasteiger partial charge in [-0.25, -0.2) is 4.79 Å². The highest BCUT2D eigenvalue weighted by atomic mass is 16.6. The summed E-state index contributed by atoms with van der Waals surface area (Å²) in [4.78, 5) is 14.1. The minimum absolute atomic E-state index is 0.00531. The molecular formula is C14H20N4O3. The van der Waals surface area contributed by atoms with E-state index in [9.17, 15) is 4.79 Å². The van der Waals surface area contributed by atoms with Crippen LogP contribution in [0.15, 0.2) is 6.07 Å². The first-order chi connectivity index (χ1) is 10.2. The van der Waals surface area contributed by atoms with Gasteiger partial charge in [-0.1, -0.05) is 0 Å². The number of amides is 1. The molecule has 114 valence electrons. The van der Waals surface area contributed by atoms with Gasteiger partial charge in [-0.3, -0.25) is 10.00 Å². The van der Waals surface area contributed by atoms with Gasteiger partial charge in [0.2, 0.25) is 0 Å². The third-order valence-corrected chi connectivity index (χ3v) is 4.87. The van der Waals surface area contributed by atoms with Crippen LogP contribution in [0.25, 0.3) is 0 Å². The predicted molar refractivity (Wildman–Crippen MR) is 74.7 cm³/mol. The summed E-state index contributed by atoms with van der Waals surface area (Å²) in [6.07, 6.45) is 3.61. The maximum Gasteiger partial charge on any atom is 0.410 e. The van der Waals surface area contributed by atoms with Crippen molar-refractivity contribution < 1.29 is 14.3 Å². The van der Waals surface area contributed by atoms with E-state index in [-0.39, 0.29) is 24.3 Å². The van der Waals surface area contributed by atoms with Crippen LogP contribution < -0.4 is 5.73 Å². The molecule has 3 fully saturated rings. The van der Waals surface area contributed by atoms with Gasteiger partial charge in [-0.15, -0.1) is 0 Å². The Bertz CT molecular complexity index is 532. The summed E-state index contributed by atoms with van der Waals surface area (Å²) in [5, 5.41) is 6.92. The highest BCUT2D eigenvalue weighted by molar-refractivity contribution is 5.70. The Hall–Kier alpha value is -1.76. The molecule has 2 bridgehead atoms. The summed E-state index contributed by atoms with van der Waals surface area (Å²) in [5.74, 6) is 0.866. The van der Waals surface area contributed by atoms with E-state index >= 15 is 0 Å². The summed E-state index contributed by atoms with van der Waals surface area (Å²) in [6, 6.07) is 2.31. The smallest absolute Gasteiger partial charge is 0.410 e. The summed E-state index contributed by atoms with van der Waals surface area (Å²) in [6.45, 7) is 1.29. The molecule has 3 N–H and O–H groups in total. The van der Waals surface area contributed by atoms with Gasteiger partial charge in [-0.2, -0.15) is 5.10 Å². The zero-order valence-electron chi connectivity index (χ0n) is 11.8. The van der Waals surface area contributed by atoms with Crippen LogP contribution in [-0.4, -0.2) is 52.6 Å². The maximum absolute atomic E-state index is 12.3. The van der Waals surface area contributed by atoms with Crippen LogP contribution >= 0.6 is 0 Å². The molecular weight excluding hydrogens is 272 g/mol. The van der Waals surface area contributed by atoms with Crippen molar-refractivity contribution >= 4 is 11.9 Å². The fourth-order valence-corrected chi connectivity index (χ4v) is 3.73. The molecule has 4 unspecified atom stereocenters. The summed E-state index contributed by atoms with van der Waals surface area (Å²) < 4.78 is 11.1. The molecule has 1 aromatic rings. The molecule has 2 saturated heterocycles. The van der Waals surface area contributed by atoms with E-state index in [1.54, 1.807) is 0 Å². The number of carbonyl (C=O) groups is 1. The zero-order chi connectivity index (χ0) is 14.4. The van der Waals surface area contributed by atoms with Crippen LogP contribution in [0.4, 0.5) is 10.6 Å². The molecule has 7 nitrogen and oxygen atoms in total. The van der Waals surface area contributed by atoms with Crippen LogP contribution in [0.5, 0.6) is 0 Å². The number of nitrogens with two attached hydrogens (primary N) is 1. The SMILES string of the molecule is Nc1cc(C2CCC(OC(=O)N3C4COCC3C4)C2)[nH]n1. The van der Waals surface area contributed by atoms with Gasteiger partial charge in [0.15, 0.2) is 0 Å². The first kappa shape index (κ1) is 12.9. The van der Waals surface area contributed by atoms with E-state index in [2.05, 4.69) is 10.2 Å². The van der Waals surface area contributed by atoms with E-state index in [0.29, 0.717) is 24.9 Å². The number of aromatic nitrogens is 2. The third-order valence-electron chi connectivity index (χ3n) is 4.87. The second kappa shape index (κ2) is 4.91. The van der Waals surface area contributed by atoms with Gasteiger partial charge < -0.3 is 15.2 Å². The molecule has 1 aromatic heterocycles. The number of morpholine rings is 1. The Morgan fingerprint density at radius 1 is 1.38 bits per heavy atom. The zero-order valence-corrected chi connectivity index (χ0v) is 11.8. The molecule has 3 heterocycles. The Kier molecular flexibility index (Phi) is 3.02. The van der Waals surface area contributed by atoms with E-state index in [0.717, 1.165) is 31.4 Å². The number of ether oxygens (including phenoxy) is 2. The highest BCUT2D eigenvalue weighted by Gasteiger charge is 2.47. The number of fused-ring (bicyclic) bond motifs is 2. The average Bonchev–Trinajstić information content (AvgIpc) is 3.08. The van der Waals surface area contributed by atoms with Crippen LogP contribution in [0.1, 0.15) is 37.3 Å². The number of carbonyl (C=O) groups excluding carboxylic acids is 1. The Morgan fingerprint density at radius 3 is 2.86 bits per heavy atom. The number of hydrogen-bond acceptors (Lipinski definition) is 5. The average molecular weight is 292 g/mol. The molecule has 2 aliphatic heterocycles. The van der Waals surface area contributed by atoms with E-state index in [1.807, 2.05) is 11.0 Å². The monoisotopic (exact) mass is 292 g/mol. The summed E-state index contributed by atoms with van der Waals surface area (Å²) in [5.41, 5.74) is 6.67. The second-order valence-corrected chi connectivity index (χ2v) is 6.25. The molecule has 1 amide bonds. The van der Waals surface area contributed by atoms with Gasteiger partial charge in [0.25, 0.3) is 0 Å². The van der Waals surface area contributed by atoms with Crippen molar-refractivity contribution in [3.8, 4) is 0 Å². The van der Waals surface area contributed by atoms with Crippen molar-refractivity contribution in [3.05, 3.63) is 11.8 Å². The molecule has 0 spiro atoms. The van der Waals surface area contributed by atoms with Gasteiger partial charge in [0, 0.05) is 17.7 Å². The van der Waals surface area contributed by atoms with Crippen molar-refractivity contribution in [1.82, 2.24) is 15.1 Å². The molecule has 7 heteroatoms. The number of nitrogens with zero attached hydrogens (tertiary/aromatic N) is 2. The lowest BCUT2D eigenvalue weighted by Crippen LogP contribution is -2.65. The normalized spacial score (nSPS) is 34.6. The van der Waals surface area contributed by atoms with E-state index in [4.69, 9.17) is 15.2 Å². The summed E-state index contributed by atoms with van der Waals surface area (Å²) >= 11 is 0. The quantitative estimate of drug-likeness (QED) is 0.855. The minimum atomic E-state index is -0.172. The van der Waals surface area contributed by atoms with Crippen molar-refractivity contribution in [2.75, 3.05) is 18.9 Å². The van der Waals surface area contributed by atoms with Crippen molar-refractivity contribution in [3.63, 3.8) is 0 Å². The van der Waals surface area contributed by atoms with E-state index in [1.165, 1.54) is 0 Å². The molecule has 4 rings (SSSR count). The molecule has 1 aliphatic carbocycles. The number of anilines is 1. The molecule has 4 atom stereocenters. The molecule has 3 aliphatic rings. The largest absolute Gasteiger partial charge is 0.446 e. The number of H-pyrrole nitrogens is 1. The standard InChI is InChI=1S/C14H20N4O3/c15-13-5-12(16-17-13)8-1-2-11(3-8)21-14(19)18-9-4-10(18)7-20-6-9/h5,8-11H,1-4,6-7H2,(H3,15,16,17). The maximum atomic E-state index is 12.3. The van der Waals surface area contributed by atoms with Crippen LogP contribution in [0.3, 0.4) is 0 Å². The number of nitrogens with one attached hydrogen (secondary N) is 1. The Labute approximate surface area is 122 Å². The van der Waals surface area contributed by atoms with Crippen LogP contribution in [-0.2, 0) is 9.47 Å². The lowest BCUT2D eigenvalue weighted by Gasteiger charge is -2.51. The Morgan fingerprint density at radius 2 is 2.19 bits per heavy atom. The molecule has 1 saturated carbocycles. The van der Waals surface area contributed by atoms with Crippen LogP contribution in [0.2, 0.25) is 0 Å². The topological polar surface area (TPSA) is 93.5 Å². The van der Waals surface area contributed by atoms with Crippen LogP contribution in [0, 0.1) is 0 Å². The number of hydrogen-bond donors (Lipinski definition) is 2.